The molecule has 1 aromatic carbocycles. The number of aromatic nitrogens is 2. The zero-order valence-electron chi connectivity index (χ0n) is 19.8. The third-order valence-electron chi connectivity index (χ3n) is 7.33. The predicted octanol–water partition coefficient (Wildman–Crippen LogP) is 4.68. The number of hydrogen-bond acceptors (Lipinski definition) is 5. The summed E-state index contributed by atoms with van der Waals surface area (Å²) in [7, 11) is 0. The van der Waals surface area contributed by atoms with Gasteiger partial charge >= 0.3 is 0 Å². The molecule has 0 spiro atoms. The van der Waals surface area contributed by atoms with Crippen LogP contribution in [0.1, 0.15) is 49.1 Å². The molecule has 2 aliphatic rings. The van der Waals surface area contributed by atoms with E-state index < -0.39 is 5.91 Å². The number of nitrogens with one attached hydrogen (secondary N) is 3. The van der Waals surface area contributed by atoms with E-state index in [0.717, 1.165) is 36.7 Å². The number of carbonyl (C=O) groups excluding carboxylic acids is 3. The Morgan fingerprint density at radius 2 is 1.94 bits per heavy atom. The van der Waals surface area contributed by atoms with Crippen molar-refractivity contribution in [3.05, 3.63) is 54.6 Å². The Morgan fingerprint density at radius 3 is 2.75 bits per heavy atom. The van der Waals surface area contributed by atoms with Crippen LogP contribution in [0.5, 0.6) is 0 Å². The van der Waals surface area contributed by atoms with Gasteiger partial charge in [-0.15, -0.1) is 0 Å². The first kappa shape index (κ1) is 22.3. The Bertz CT molecular complexity index is 1460. The molecule has 184 valence electrons. The average Bonchev–Trinajstić information content (AvgIpc) is 3.62. The fourth-order valence-electron chi connectivity index (χ4n) is 5.45. The molecule has 3 amide bonds. The summed E-state index contributed by atoms with van der Waals surface area (Å²) in [4.78, 5) is 48.0. The average molecular weight is 486 g/mol. The zero-order valence-corrected chi connectivity index (χ0v) is 19.8. The fourth-order valence-corrected chi connectivity index (χ4v) is 5.45. The maximum absolute atomic E-state index is 13.3. The highest BCUT2D eigenvalue weighted by molar-refractivity contribution is 6.14. The summed E-state index contributed by atoms with van der Waals surface area (Å²) in [5.74, 6) is -0.578. The lowest BCUT2D eigenvalue weighted by molar-refractivity contribution is -0.130. The van der Waals surface area contributed by atoms with Gasteiger partial charge in [0.25, 0.3) is 5.91 Å². The minimum atomic E-state index is -0.467. The Hall–Kier alpha value is -4.14. The number of likely N-dealkylation sites (tertiary alicyclic amines) is 1. The second-order valence-corrected chi connectivity index (χ2v) is 9.58. The number of aromatic amines is 1. The Balaban J connectivity index is 1.20. The zero-order chi connectivity index (χ0) is 24.6. The van der Waals surface area contributed by atoms with Crippen molar-refractivity contribution in [3.63, 3.8) is 0 Å². The molecule has 0 atom stereocenters. The number of pyridine rings is 1. The van der Waals surface area contributed by atoms with E-state index in [4.69, 9.17) is 4.42 Å². The van der Waals surface area contributed by atoms with Gasteiger partial charge in [0.1, 0.15) is 11.2 Å². The van der Waals surface area contributed by atoms with E-state index in [1.165, 1.54) is 0 Å². The number of anilines is 2. The van der Waals surface area contributed by atoms with Crippen molar-refractivity contribution in [1.29, 1.82) is 0 Å². The maximum atomic E-state index is 13.3. The molecule has 9 heteroatoms. The number of H-pyrrole nitrogens is 1. The first-order valence-corrected chi connectivity index (χ1v) is 12.4. The lowest BCUT2D eigenvalue weighted by atomic mass is 9.84. The molecule has 0 radical (unpaired) electrons. The van der Waals surface area contributed by atoms with Gasteiger partial charge in [0.05, 0.1) is 0 Å². The Morgan fingerprint density at radius 1 is 1.08 bits per heavy atom. The van der Waals surface area contributed by atoms with Crippen molar-refractivity contribution < 1.29 is 18.8 Å². The van der Waals surface area contributed by atoms with Gasteiger partial charge in [-0.2, -0.15) is 0 Å². The molecular weight excluding hydrogens is 458 g/mol. The highest BCUT2D eigenvalue weighted by Crippen LogP contribution is 2.34. The molecule has 4 aromatic rings. The molecule has 3 N–H and O–H groups in total. The van der Waals surface area contributed by atoms with Crippen molar-refractivity contribution in [1.82, 2.24) is 14.9 Å². The summed E-state index contributed by atoms with van der Waals surface area (Å²) < 4.78 is 5.85. The summed E-state index contributed by atoms with van der Waals surface area (Å²) in [5, 5.41) is 6.85. The second kappa shape index (κ2) is 9.14. The van der Waals surface area contributed by atoms with Crippen LogP contribution in [0.25, 0.3) is 22.0 Å². The van der Waals surface area contributed by atoms with Gasteiger partial charge in [-0.25, -0.2) is 0 Å². The monoisotopic (exact) mass is 485 g/mol. The molecule has 4 heterocycles. The van der Waals surface area contributed by atoms with Crippen LogP contribution in [0.4, 0.5) is 11.4 Å². The summed E-state index contributed by atoms with van der Waals surface area (Å²) >= 11 is 0. The highest BCUT2D eigenvalue weighted by Gasteiger charge is 2.34. The SMILES string of the molecule is O=C(Nc1ccc2cc[nH]c2c1)c1oc2cccnc2c1NC(=O)[C@H]1CC[C@H](N2CCCC2=O)CC1. The third-order valence-corrected chi connectivity index (χ3v) is 7.33. The van der Waals surface area contributed by atoms with E-state index in [2.05, 4.69) is 20.6 Å². The van der Waals surface area contributed by atoms with Gasteiger partial charge in [-0.3, -0.25) is 19.4 Å². The van der Waals surface area contributed by atoms with Gasteiger partial charge in [0, 0.05) is 48.5 Å². The molecule has 6 rings (SSSR count). The number of nitrogens with zero attached hydrogens (tertiary/aromatic N) is 2. The van der Waals surface area contributed by atoms with Gasteiger partial charge in [0.2, 0.25) is 17.6 Å². The molecule has 36 heavy (non-hydrogen) atoms. The van der Waals surface area contributed by atoms with Crippen LogP contribution in [0.3, 0.4) is 0 Å². The number of benzene rings is 1. The minimum Gasteiger partial charge on any atom is -0.447 e. The molecule has 0 bridgehead atoms. The first-order valence-electron chi connectivity index (χ1n) is 12.4. The van der Waals surface area contributed by atoms with Gasteiger partial charge < -0.3 is 24.9 Å². The topological polar surface area (TPSA) is 120 Å². The first-order chi connectivity index (χ1) is 17.6. The number of fused-ring (bicyclic) bond motifs is 2. The van der Waals surface area contributed by atoms with Crippen LogP contribution in [-0.2, 0) is 9.59 Å². The molecule has 1 saturated heterocycles. The summed E-state index contributed by atoms with van der Waals surface area (Å²) in [5.41, 5.74) is 2.65. The van der Waals surface area contributed by atoms with Crippen molar-refractivity contribution in [2.45, 2.75) is 44.6 Å². The molecule has 1 aliphatic carbocycles. The lowest BCUT2D eigenvalue weighted by Gasteiger charge is -2.34. The number of rotatable bonds is 5. The number of furan rings is 1. The van der Waals surface area contributed by atoms with E-state index >= 15 is 0 Å². The van der Waals surface area contributed by atoms with Crippen LogP contribution in [0.2, 0.25) is 0 Å². The quantitative estimate of drug-likeness (QED) is 0.379. The lowest BCUT2D eigenvalue weighted by Crippen LogP contribution is -2.40. The van der Waals surface area contributed by atoms with Crippen LogP contribution >= 0.6 is 0 Å². The number of carbonyl (C=O) groups is 3. The minimum absolute atomic E-state index is 0.0139. The Kier molecular flexibility index (Phi) is 5.67. The van der Waals surface area contributed by atoms with Crippen molar-refractivity contribution in [2.24, 2.45) is 5.92 Å². The molecule has 1 aliphatic heterocycles. The molecule has 2 fully saturated rings. The van der Waals surface area contributed by atoms with Crippen LogP contribution in [-0.4, -0.2) is 45.2 Å². The van der Waals surface area contributed by atoms with Crippen molar-refractivity contribution in [3.8, 4) is 0 Å². The molecular formula is C27H27N5O4. The predicted molar refractivity (Wildman–Crippen MR) is 136 cm³/mol. The normalized spacial score (nSPS) is 20.2. The van der Waals surface area contributed by atoms with Crippen LogP contribution in [0.15, 0.2) is 53.2 Å². The summed E-state index contributed by atoms with van der Waals surface area (Å²) in [6.07, 6.45) is 8.00. The summed E-state index contributed by atoms with van der Waals surface area (Å²) in [6.45, 7) is 0.822. The van der Waals surface area contributed by atoms with Gasteiger partial charge in [-0.1, -0.05) is 6.07 Å². The van der Waals surface area contributed by atoms with Gasteiger partial charge in [-0.05, 0) is 67.8 Å². The third kappa shape index (κ3) is 4.10. The number of hydrogen-bond donors (Lipinski definition) is 3. The second-order valence-electron chi connectivity index (χ2n) is 9.58. The molecule has 3 aromatic heterocycles. The van der Waals surface area contributed by atoms with Gasteiger partial charge in [0.15, 0.2) is 5.58 Å². The van der Waals surface area contributed by atoms with E-state index in [0.29, 0.717) is 36.0 Å². The molecule has 9 nitrogen and oxygen atoms in total. The van der Waals surface area contributed by atoms with Crippen molar-refractivity contribution >= 4 is 51.1 Å². The number of amides is 3. The smallest absolute Gasteiger partial charge is 0.293 e. The highest BCUT2D eigenvalue weighted by atomic mass is 16.3. The summed E-state index contributed by atoms with van der Waals surface area (Å²) in [6, 6.07) is 11.2. The van der Waals surface area contributed by atoms with E-state index in [-0.39, 0.29) is 35.2 Å². The van der Waals surface area contributed by atoms with E-state index in [1.807, 2.05) is 35.4 Å². The van der Waals surface area contributed by atoms with E-state index in [1.54, 1.807) is 18.3 Å². The largest absolute Gasteiger partial charge is 0.447 e. The van der Waals surface area contributed by atoms with Crippen LogP contribution in [0, 0.1) is 5.92 Å². The standard InChI is InChI=1S/C27H27N5O4/c33-22-4-2-14-32(22)19-9-6-17(7-10-19)26(34)31-24-23-21(3-1-12-29-23)36-25(24)27(35)30-18-8-5-16-11-13-28-20(16)15-18/h1,3,5,8,11-13,15,17,19,28H,2,4,6-7,9-10,14H2,(H,30,35)(H,31,34)/t17-,19-. The van der Waals surface area contributed by atoms with Crippen molar-refractivity contribution in [2.75, 3.05) is 17.2 Å². The van der Waals surface area contributed by atoms with E-state index in [9.17, 15) is 14.4 Å². The fraction of sp³-hybridized carbons (Fsp3) is 0.333. The maximum Gasteiger partial charge on any atom is 0.293 e. The molecule has 0 unspecified atom stereocenters. The molecule has 1 saturated carbocycles. The Labute approximate surface area is 207 Å². The van der Waals surface area contributed by atoms with Crippen LogP contribution < -0.4 is 10.6 Å².